The Morgan fingerprint density at radius 2 is 1.95 bits per heavy atom. The van der Waals surface area contributed by atoms with E-state index >= 15 is 0 Å². The fourth-order valence-corrected chi connectivity index (χ4v) is 2.00. The zero-order chi connectivity index (χ0) is 15.1. The molecule has 1 heterocycles. The van der Waals surface area contributed by atoms with E-state index in [1.54, 1.807) is 29.2 Å². The van der Waals surface area contributed by atoms with Crippen LogP contribution in [0.3, 0.4) is 0 Å². The van der Waals surface area contributed by atoms with Crippen molar-refractivity contribution in [2.75, 3.05) is 5.32 Å². The monoisotopic (exact) mass is 285 g/mol. The number of nitrogens with one attached hydrogen (secondary N) is 1. The summed E-state index contributed by atoms with van der Waals surface area (Å²) in [5.74, 6) is -0.192. The fourth-order valence-electron chi connectivity index (χ4n) is 2.00. The molecule has 21 heavy (non-hydrogen) atoms. The van der Waals surface area contributed by atoms with Gasteiger partial charge < -0.3 is 5.32 Å². The van der Waals surface area contributed by atoms with Gasteiger partial charge in [-0.15, -0.1) is 0 Å². The first-order valence-corrected chi connectivity index (χ1v) is 7.09. The standard InChI is InChI=1S/C16H19N3O2/c1-2-10-19-12-14(11-17-19)18-16(21)9-8-15(20)13-6-4-3-5-7-13/h3-7,11-12H,2,8-10H2,1H3,(H,18,21). The summed E-state index contributed by atoms with van der Waals surface area (Å²) in [7, 11) is 0. The highest BCUT2D eigenvalue weighted by Gasteiger charge is 2.09. The molecule has 1 aromatic carbocycles. The lowest BCUT2D eigenvalue weighted by Crippen LogP contribution is -2.13. The maximum absolute atomic E-state index is 11.9. The van der Waals surface area contributed by atoms with Crippen molar-refractivity contribution in [3.63, 3.8) is 0 Å². The lowest BCUT2D eigenvalue weighted by atomic mass is 10.1. The van der Waals surface area contributed by atoms with Crippen LogP contribution in [0.5, 0.6) is 0 Å². The molecule has 0 radical (unpaired) electrons. The SMILES string of the molecule is CCCn1cc(NC(=O)CCC(=O)c2ccccc2)cn1. The number of aryl methyl sites for hydroxylation is 1. The van der Waals surface area contributed by atoms with Crippen molar-refractivity contribution in [1.29, 1.82) is 0 Å². The number of carbonyl (C=O) groups excluding carboxylic acids is 2. The number of hydrogen-bond donors (Lipinski definition) is 1. The van der Waals surface area contributed by atoms with Crippen LogP contribution in [-0.4, -0.2) is 21.5 Å². The predicted molar refractivity (Wildman–Crippen MR) is 81.2 cm³/mol. The van der Waals surface area contributed by atoms with E-state index in [9.17, 15) is 9.59 Å². The lowest BCUT2D eigenvalue weighted by Gasteiger charge is -2.02. The Morgan fingerprint density at radius 3 is 2.67 bits per heavy atom. The molecule has 0 spiro atoms. The summed E-state index contributed by atoms with van der Waals surface area (Å²) < 4.78 is 1.78. The topological polar surface area (TPSA) is 64.0 Å². The molecule has 1 amide bonds. The molecule has 0 fully saturated rings. The molecule has 0 unspecified atom stereocenters. The van der Waals surface area contributed by atoms with Gasteiger partial charge in [-0.25, -0.2) is 0 Å². The molecule has 1 N–H and O–H groups in total. The minimum Gasteiger partial charge on any atom is -0.323 e. The number of aromatic nitrogens is 2. The van der Waals surface area contributed by atoms with E-state index in [-0.39, 0.29) is 24.5 Å². The largest absolute Gasteiger partial charge is 0.323 e. The van der Waals surface area contributed by atoms with E-state index in [0.717, 1.165) is 13.0 Å². The van der Waals surface area contributed by atoms with Gasteiger partial charge in [-0.3, -0.25) is 14.3 Å². The highest BCUT2D eigenvalue weighted by molar-refractivity contribution is 5.99. The molecule has 5 nitrogen and oxygen atoms in total. The minimum atomic E-state index is -0.171. The Balaban J connectivity index is 1.80. The number of benzene rings is 1. The average Bonchev–Trinajstić information content (AvgIpc) is 2.93. The van der Waals surface area contributed by atoms with Gasteiger partial charge in [-0.05, 0) is 6.42 Å². The number of nitrogens with zero attached hydrogens (tertiary/aromatic N) is 2. The van der Waals surface area contributed by atoms with Crippen LogP contribution in [0, 0.1) is 0 Å². The third-order valence-corrected chi connectivity index (χ3v) is 3.04. The lowest BCUT2D eigenvalue weighted by molar-refractivity contribution is -0.116. The molecule has 0 atom stereocenters. The van der Waals surface area contributed by atoms with Gasteiger partial charge in [-0.2, -0.15) is 5.10 Å². The van der Waals surface area contributed by atoms with Crippen LogP contribution in [0.25, 0.3) is 0 Å². The predicted octanol–water partition coefficient (Wildman–Crippen LogP) is 2.89. The zero-order valence-corrected chi connectivity index (χ0v) is 12.1. The molecule has 0 aliphatic carbocycles. The Bertz CT molecular complexity index is 605. The summed E-state index contributed by atoms with van der Waals surface area (Å²) >= 11 is 0. The first kappa shape index (κ1) is 15.0. The van der Waals surface area contributed by atoms with Crippen molar-refractivity contribution in [1.82, 2.24) is 9.78 Å². The van der Waals surface area contributed by atoms with Crippen molar-refractivity contribution in [2.45, 2.75) is 32.7 Å². The van der Waals surface area contributed by atoms with Gasteiger partial charge in [0.05, 0.1) is 11.9 Å². The number of ketones is 1. The number of Topliss-reactive ketones (excluding diaryl/α,β-unsaturated/α-hetero) is 1. The normalized spacial score (nSPS) is 10.3. The van der Waals surface area contributed by atoms with E-state index < -0.39 is 0 Å². The van der Waals surface area contributed by atoms with Crippen LogP contribution < -0.4 is 5.32 Å². The first-order chi connectivity index (χ1) is 10.2. The van der Waals surface area contributed by atoms with Gasteiger partial charge in [0.15, 0.2) is 5.78 Å². The van der Waals surface area contributed by atoms with Crippen LogP contribution in [-0.2, 0) is 11.3 Å². The van der Waals surface area contributed by atoms with Gasteiger partial charge in [0.1, 0.15) is 0 Å². The molecule has 2 aromatic rings. The van der Waals surface area contributed by atoms with Crippen molar-refractivity contribution < 1.29 is 9.59 Å². The Labute approximate surface area is 124 Å². The van der Waals surface area contributed by atoms with Gasteiger partial charge in [0.2, 0.25) is 5.91 Å². The maximum Gasteiger partial charge on any atom is 0.224 e. The van der Waals surface area contributed by atoms with Gasteiger partial charge in [-0.1, -0.05) is 37.3 Å². The quantitative estimate of drug-likeness (QED) is 0.795. The van der Waals surface area contributed by atoms with E-state index in [1.165, 1.54) is 0 Å². The molecule has 1 aromatic heterocycles. The smallest absolute Gasteiger partial charge is 0.224 e. The second kappa shape index (κ2) is 7.38. The molecule has 0 bridgehead atoms. The van der Waals surface area contributed by atoms with Crippen LogP contribution in [0.1, 0.15) is 36.5 Å². The Hall–Kier alpha value is -2.43. The van der Waals surface area contributed by atoms with Crippen LogP contribution >= 0.6 is 0 Å². The average molecular weight is 285 g/mol. The van der Waals surface area contributed by atoms with E-state index in [0.29, 0.717) is 11.3 Å². The molecule has 110 valence electrons. The van der Waals surface area contributed by atoms with Gasteiger partial charge in [0, 0.05) is 31.1 Å². The summed E-state index contributed by atoms with van der Waals surface area (Å²) in [5.41, 5.74) is 1.31. The van der Waals surface area contributed by atoms with E-state index in [4.69, 9.17) is 0 Å². The summed E-state index contributed by atoms with van der Waals surface area (Å²) in [6.07, 6.45) is 4.78. The van der Waals surface area contributed by atoms with E-state index in [1.807, 2.05) is 18.2 Å². The van der Waals surface area contributed by atoms with Crippen molar-refractivity contribution in [3.05, 3.63) is 48.3 Å². The molecular formula is C16H19N3O2. The Kier molecular flexibility index (Phi) is 5.26. The number of rotatable bonds is 7. The van der Waals surface area contributed by atoms with Crippen LogP contribution in [0.15, 0.2) is 42.7 Å². The van der Waals surface area contributed by atoms with E-state index in [2.05, 4.69) is 17.3 Å². The highest BCUT2D eigenvalue weighted by atomic mass is 16.2. The summed E-state index contributed by atoms with van der Waals surface area (Å²) in [6.45, 7) is 2.89. The molecule has 0 saturated heterocycles. The van der Waals surface area contributed by atoms with Crippen LogP contribution in [0.2, 0.25) is 0 Å². The molecule has 0 aliphatic heterocycles. The molecule has 2 rings (SSSR count). The van der Waals surface area contributed by atoms with Gasteiger partial charge in [0.25, 0.3) is 0 Å². The minimum absolute atomic E-state index is 0.0209. The third-order valence-electron chi connectivity index (χ3n) is 3.04. The number of hydrogen-bond acceptors (Lipinski definition) is 3. The van der Waals surface area contributed by atoms with Crippen LogP contribution in [0.4, 0.5) is 5.69 Å². The first-order valence-electron chi connectivity index (χ1n) is 7.09. The molecule has 5 heteroatoms. The van der Waals surface area contributed by atoms with Crippen molar-refractivity contribution in [3.8, 4) is 0 Å². The summed E-state index contributed by atoms with van der Waals surface area (Å²) in [6, 6.07) is 9.01. The van der Waals surface area contributed by atoms with Gasteiger partial charge >= 0.3 is 0 Å². The summed E-state index contributed by atoms with van der Waals surface area (Å²) in [4.78, 5) is 23.7. The molecule has 0 saturated carbocycles. The summed E-state index contributed by atoms with van der Waals surface area (Å²) in [5, 5.41) is 6.89. The fraction of sp³-hybridized carbons (Fsp3) is 0.312. The molecule has 0 aliphatic rings. The number of anilines is 1. The second-order valence-electron chi connectivity index (χ2n) is 4.83. The third kappa shape index (κ3) is 4.56. The number of amides is 1. The highest BCUT2D eigenvalue weighted by Crippen LogP contribution is 2.09. The maximum atomic E-state index is 11.9. The number of carbonyl (C=O) groups is 2. The second-order valence-corrected chi connectivity index (χ2v) is 4.83. The van der Waals surface area contributed by atoms with Crippen molar-refractivity contribution >= 4 is 17.4 Å². The molecular weight excluding hydrogens is 266 g/mol. The Morgan fingerprint density at radius 1 is 1.19 bits per heavy atom. The zero-order valence-electron chi connectivity index (χ0n) is 12.1. The van der Waals surface area contributed by atoms with Crippen molar-refractivity contribution in [2.24, 2.45) is 0 Å².